The fourth-order valence-electron chi connectivity index (χ4n) is 1.78. The Balaban J connectivity index is 2.54. The van der Waals surface area contributed by atoms with Crippen LogP contribution in [0.3, 0.4) is 0 Å². The molecule has 18 heavy (non-hydrogen) atoms. The van der Waals surface area contributed by atoms with E-state index in [0.29, 0.717) is 5.04 Å². The van der Waals surface area contributed by atoms with E-state index in [4.69, 9.17) is 17.9 Å². The van der Waals surface area contributed by atoms with Gasteiger partial charge in [-0.05, 0) is 0 Å². The van der Waals surface area contributed by atoms with Crippen LogP contribution < -0.4 is 5.19 Å². The Morgan fingerprint density at radius 2 is 1.72 bits per heavy atom. The fourth-order valence-corrected chi connectivity index (χ4v) is 23.1. The van der Waals surface area contributed by atoms with Gasteiger partial charge in [0.25, 0.3) is 0 Å². The van der Waals surface area contributed by atoms with Crippen molar-refractivity contribution in [3.8, 4) is 0 Å². The van der Waals surface area contributed by atoms with Crippen LogP contribution >= 0.6 is 35.9 Å². The molecule has 0 aromatic heterocycles. The molecular weight excluding hydrogens is 435 g/mol. The Bertz CT molecular complexity index is 483. The van der Waals surface area contributed by atoms with Crippen molar-refractivity contribution in [1.82, 2.24) is 0 Å². The summed E-state index contributed by atoms with van der Waals surface area (Å²) < 4.78 is 0. The molecule has 1 aliphatic rings. The average Bonchev–Trinajstić information content (AvgIpc) is 2.48. The number of hydrogen-bond acceptors (Lipinski definition) is 2. The maximum absolute atomic E-state index is 6.47. The third-order valence-electron chi connectivity index (χ3n) is 3.89. The van der Waals surface area contributed by atoms with Gasteiger partial charge in [-0.3, -0.25) is 0 Å². The molecule has 2 rings (SSSR count). The van der Waals surface area contributed by atoms with Crippen LogP contribution in [0.2, 0.25) is 18.1 Å². The molecule has 102 valence electrons. The summed E-state index contributed by atoms with van der Waals surface area (Å²) >= 11 is -2.75. The summed E-state index contributed by atoms with van der Waals surface area (Å²) in [7, 11) is 14.9. The molecule has 0 saturated heterocycles. The van der Waals surface area contributed by atoms with Crippen LogP contribution in [-0.2, 0) is 0 Å². The SMILES string of the molecule is CC(C)(C)[Si](C)(C)c1cccc2c1S[Te](Cl)(Cl)S2. The third kappa shape index (κ3) is 2.91. The first-order valence-electron chi connectivity index (χ1n) is 5.79. The predicted octanol–water partition coefficient (Wildman–Crippen LogP) is 5.51. The van der Waals surface area contributed by atoms with E-state index in [1.54, 1.807) is 18.0 Å². The Kier molecular flexibility index (Phi) is 4.46. The van der Waals surface area contributed by atoms with E-state index in [9.17, 15) is 0 Å². The molecule has 1 aromatic rings. The van der Waals surface area contributed by atoms with Crippen molar-refractivity contribution in [3.63, 3.8) is 0 Å². The zero-order chi connectivity index (χ0) is 13.8. The van der Waals surface area contributed by atoms with Gasteiger partial charge in [0.1, 0.15) is 0 Å². The molecule has 0 nitrogen and oxygen atoms in total. The van der Waals surface area contributed by atoms with Crippen molar-refractivity contribution in [3.05, 3.63) is 18.2 Å². The average molecular weight is 453 g/mol. The molecule has 0 fully saturated rings. The van der Waals surface area contributed by atoms with E-state index in [-0.39, 0.29) is 0 Å². The Morgan fingerprint density at radius 3 is 2.28 bits per heavy atom. The Hall–Kier alpha value is 1.51. The minimum absolute atomic E-state index is 0.338. The van der Waals surface area contributed by atoms with Crippen molar-refractivity contribution in [2.75, 3.05) is 0 Å². The quantitative estimate of drug-likeness (QED) is 0.515. The van der Waals surface area contributed by atoms with Crippen LogP contribution in [0, 0.1) is 0 Å². The van der Waals surface area contributed by atoms with E-state index in [1.165, 1.54) is 15.0 Å². The molecule has 0 amide bonds. The number of benzene rings is 1. The van der Waals surface area contributed by atoms with Crippen molar-refractivity contribution in [2.45, 2.75) is 48.7 Å². The van der Waals surface area contributed by atoms with Gasteiger partial charge in [0.15, 0.2) is 0 Å². The molecule has 1 aliphatic heterocycles. The summed E-state index contributed by atoms with van der Waals surface area (Å²) in [5, 5.41) is 1.87. The van der Waals surface area contributed by atoms with Crippen molar-refractivity contribution in [1.29, 1.82) is 0 Å². The van der Waals surface area contributed by atoms with E-state index in [2.05, 4.69) is 52.1 Å². The Morgan fingerprint density at radius 1 is 1.11 bits per heavy atom. The van der Waals surface area contributed by atoms with E-state index in [0.717, 1.165) is 0 Å². The summed E-state index contributed by atoms with van der Waals surface area (Å²) in [6.07, 6.45) is 0. The van der Waals surface area contributed by atoms with Crippen molar-refractivity contribution >= 4 is 62.4 Å². The van der Waals surface area contributed by atoms with Crippen LogP contribution in [0.5, 0.6) is 0 Å². The molecule has 0 atom stereocenters. The second kappa shape index (κ2) is 5.05. The number of rotatable bonds is 1. The molecule has 0 N–H and O–H groups in total. The molecule has 1 aromatic carbocycles. The van der Waals surface area contributed by atoms with Crippen molar-refractivity contribution < 1.29 is 0 Å². The van der Waals surface area contributed by atoms with E-state index in [1.807, 2.05) is 0 Å². The van der Waals surface area contributed by atoms with E-state index < -0.39 is 21.3 Å². The van der Waals surface area contributed by atoms with Crippen LogP contribution in [0.1, 0.15) is 20.8 Å². The van der Waals surface area contributed by atoms with Crippen LogP contribution in [-0.4, -0.2) is 21.3 Å². The van der Waals surface area contributed by atoms with Gasteiger partial charge >= 0.3 is 129 Å². The third-order valence-corrected chi connectivity index (χ3v) is 25.3. The zero-order valence-corrected chi connectivity index (χ0v) is 17.7. The summed E-state index contributed by atoms with van der Waals surface area (Å²) in [6.45, 7) is 11.9. The first kappa shape index (κ1) is 15.9. The predicted molar refractivity (Wildman–Crippen MR) is 92.4 cm³/mol. The number of fused-ring (bicyclic) bond motifs is 1. The number of halogens is 2. The normalized spacial score (nSPS) is 20.6. The minimum atomic E-state index is -2.75. The molecule has 0 unspecified atom stereocenters. The number of hydrogen-bond donors (Lipinski definition) is 0. The van der Waals surface area contributed by atoms with Crippen LogP contribution in [0.25, 0.3) is 0 Å². The van der Waals surface area contributed by atoms with Crippen LogP contribution in [0.4, 0.5) is 0 Å². The standard InChI is InChI=1S/C12H18Cl2S2SiTe/c1-12(2,3)17(4,5)10-8-6-7-9-11(10)16-18(13,14)15-9/h6-8H,1-5H3. The molecular formula is C12H18Cl2S2SiTe. The molecule has 0 radical (unpaired) electrons. The summed E-state index contributed by atoms with van der Waals surface area (Å²) in [5.41, 5.74) is 0. The Labute approximate surface area is 128 Å². The first-order chi connectivity index (χ1) is 8.05. The van der Waals surface area contributed by atoms with Crippen molar-refractivity contribution in [2.24, 2.45) is 0 Å². The van der Waals surface area contributed by atoms with Gasteiger partial charge in [0, 0.05) is 0 Å². The van der Waals surface area contributed by atoms with Gasteiger partial charge in [-0.2, -0.15) is 0 Å². The molecule has 0 bridgehead atoms. The van der Waals surface area contributed by atoms with Gasteiger partial charge < -0.3 is 0 Å². The van der Waals surface area contributed by atoms with Gasteiger partial charge in [0.05, 0.1) is 0 Å². The maximum atomic E-state index is 6.47. The first-order valence-corrected chi connectivity index (χ1v) is 21.9. The van der Waals surface area contributed by atoms with E-state index >= 15 is 0 Å². The summed E-state index contributed by atoms with van der Waals surface area (Å²) in [6, 6.07) is 6.63. The molecule has 6 heteroatoms. The molecule has 0 saturated carbocycles. The topological polar surface area (TPSA) is 0 Å². The summed E-state index contributed by atoms with van der Waals surface area (Å²) in [4.78, 5) is 2.70. The molecule has 1 heterocycles. The second-order valence-corrected chi connectivity index (χ2v) is 37.8. The molecule has 0 spiro atoms. The monoisotopic (exact) mass is 454 g/mol. The fraction of sp³-hybridized carbons (Fsp3) is 0.500. The molecule has 0 aliphatic carbocycles. The second-order valence-electron chi connectivity index (χ2n) is 6.05. The summed E-state index contributed by atoms with van der Waals surface area (Å²) in [5.74, 6) is 0. The van der Waals surface area contributed by atoms with Gasteiger partial charge in [-0.25, -0.2) is 0 Å². The van der Waals surface area contributed by atoms with Gasteiger partial charge in [0.2, 0.25) is 0 Å². The zero-order valence-electron chi connectivity index (χ0n) is 11.2. The van der Waals surface area contributed by atoms with Gasteiger partial charge in [-0.15, -0.1) is 0 Å². The van der Waals surface area contributed by atoms with Crippen LogP contribution in [0.15, 0.2) is 28.0 Å². The van der Waals surface area contributed by atoms with Gasteiger partial charge in [-0.1, -0.05) is 0 Å².